The van der Waals surface area contributed by atoms with Crippen LogP contribution in [0, 0.1) is 0 Å². The number of hydrogen-bond acceptors (Lipinski definition) is 1. The van der Waals surface area contributed by atoms with Gasteiger partial charge in [-0.25, -0.2) is 8.78 Å². The van der Waals surface area contributed by atoms with Crippen LogP contribution in [0.3, 0.4) is 0 Å². The van der Waals surface area contributed by atoms with Crippen LogP contribution < -0.4 is 5.32 Å². The van der Waals surface area contributed by atoms with Crippen LogP contribution in [0.15, 0.2) is 54.6 Å². The van der Waals surface area contributed by atoms with Gasteiger partial charge in [-0.05, 0) is 17.0 Å². The summed E-state index contributed by atoms with van der Waals surface area (Å²) >= 11 is 0. The van der Waals surface area contributed by atoms with Gasteiger partial charge < -0.3 is 5.32 Å². The predicted octanol–water partition coefficient (Wildman–Crippen LogP) is 4.52. The number of alkyl halides is 2. The molecule has 0 heterocycles. The molecule has 1 atom stereocenters. The van der Waals surface area contributed by atoms with Crippen molar-refractivity contribution in [3.63, 3.8) is 0 Å². The van der Waals surface area contributed by atoms with Crippen LogP contribution in [0.1, 0.15) is 36.0 Å². The predicted molar refractivity (Wildman–Crippen MR) is 78.0 cm³/mol. The molecule has 2 rings (SSSR count). The first-order chi connectivity index (χ1) is 9.66. The largest absolute Gasteiger partial charge is 0.312 e. The maximum atomic E-state index is 12.4. The Bertz CT molecular complexity index is 508. The SMILES string of the molecule is CC(CNCc1ccc(C(F)F)cc1)c1ccccc1. The number of hydrogen-bond donors (Lipinski definition) is 1. The van der Waals surface area contributed by atoms with Gasteiger partial charge in [0.1, 0.15) is 0 Å². The monoisotopic (exact) mass is 275 g/mol. The van der Waals surface area contributed by atoms with Crippen molar-refractivity contribution in [2.45, 2.75) is 25.8 Å². The van der Waals surface area contributed by atoms with Crippen LogP contribution in [0.4, 0.5) is 8.78 Å². The summed E-state index contributed by atoms with van der Waals surface area (Å²) in [5.74, 6) is 0.427. The second-order valence-electron chi connectivity index (χ2n) is 4.98. The van der Waals surface area contributed by atoms with Crippen LogP contribution in [-0.4, -0.2) is 6.54 Å². The molecule has 0 aliphatic heterocycles. The highest BCUT2D eigenvalue weighted by Crippen LogP contribution is 2.18. The van der Waals surface area contributed by atoms with Gasteiger partial charge in [-0.3, -0.25) is 0 Å². The fourth-order valence-electron chi connectivity index (χ4n) is 2.11. The zero-order chi connectivity index (χ0) is 14.4. The Morgan fingerprint density at radius 1 is 0.900 bits per heavy atom. The fourth-order valence-corrected chi connectivity index (χ4v) is 2.11. The standard InChI is InChI=1S/C17H19F2N/c1-13(15-5-3-2-4-6-15)11-20-12-14-7-9-16(10-8-14)17(18)19/h2-10,13,17,20H,11-12H2,1H3. The summed E-state index contributed by atoms with van der Waals surface area (Å²) in [7, 11) is 0. The lowest BCUT2D eigenvalue weighted by molar-refractivity contribution is 0.151. The molecule has 2 aromatic carbocycles. The summed E-state index contributed by atoms with van der Waals surface area (Å²) < 4.78 is 24.9. The first-order valence-electron chi connectivity index (χ1n) is 6.79. The molecule has 1 N–H and O–H groups in total. The second-order valence-corrected chi connectivity index (χ2v) is 4.98. The summed E-state index contributed by atoms with van der Waals surface area (Å²) in [6.07, 6.45) is -2.39. The molecule has 0 saturated carbocycles. The van der Waals surface area contributed by atoms with Gasteiger partial charge in [-0.1, -0.05) is 61.5 Å². The average molecular weight is 275 g/mol. The van der Waals surface area contributed by atoms with Crippen molar-refractivity contribution >= 4 is 0 Å². The van der Waals surface area contributed by atoms with Crippen LogP contribution in [0.25, 0.3) is 0 Å². The first-order valence-corrected chi connectivity index (χ1v) is 6.79. The maximum absolute atomic E-state index is 12.4. The van der Waals surface area contributed by atoms with Crippen LogP contribution in [-0.2, 0) is 6.54 Å². The maximum Gasteiger partial charge on any atom is 0.263 e. The van der Waals surface area contributed by atoms with Gasteiger partial charge in [0.15, 0.2) is 0 Å². The number of benzene rings is 2. The summed E-state index contributed by atoms with van der Waals surface area (Å²) in [4.78, 5) is 0. The molecular weight excluding hydrogens is 256 g/mol. The molecule has 0 aliphatic rings. The minimum Gasteiger partial charge on any atom is -0.312 e. The molecule has 3 heteroatoms. The third kappa shape index (κ3) is 4.14. The Hall–Kier alpha value is -1.74. The Balaban J connectivity index is 1.81. The Labute approximate surface area is 118 Å². The van der Waals surface area contributed by atoms with Gasteiger partial charge in [0.05, 0.1) is 0 Å². The molecule has 0 aromatic heterocycles. The molecule has 0 saturated heterocycles. The Kier molecular flexibility index (Phi) is 5.24. The minimum atomic E-state index is -2.39. The van der Waals surface area contributed by atoms with E-state index in [4.69, 9.17) is 0 Å². The zero-order valence-corrected chi connectivity index (χ0v) is 11.5. The molecular formula is C17H19F2N. The smallest absolute Gasteiger partial charge is 0.263 e. The molecule has 0 fully saturated rings. The molecule has 0 radical (unpaired) electrons. The van der Waals surface area contributed by atoms with E-state index in [0.717, 1.165) is 12.1 Å². The lowest BCUT2D eigenvalue weighted by atomic mass is 10.0. The van der Waals surface area contributed by atoms with E-state index in [-0.39, 0.29) is 5.56 Å². The topological polar surface area (TPSA) is 12.0 Å². The van der Waals surface area contributed by atoms with Gasteiger partial charge in [-0.15, -0.1) is 0 Å². The average Bonchev–Trinajstić information content (AvgIpc) is 2.48. The van der Waals surface area contributed by atoms with E-state index < -0.39 is 6.43 Å². The van der Waals surface area contributed by atoms with Gasteiger partial charge in [0.2, 0.25) is 0 Å². The molecule has 1 unspecified atom stereocenters. The lowest BCUT2D eigenvalue weighted by Crippen LogP contribution is -2.19. The van der Waals surface area contributed by atoms with E-state index in [1.165, 1.54) is 17.7 Å². The van der Waals surface area contributed by atoms with Crippen molar-refractivity contribution in [3.8, 4) is 0 Å². The summed E-state index contributed by atoms with van der Waals surface area (Å²) in [6, 6.07) is 16.8. The van der Waals surface area contributed by atoms with Crippen molar-refractivity contribution in [2.75, 3.05) is 6.54 Å². The van der Waals surface area contributed by atoms with Gasteiger partial charge >= 0.3 is 0 Å². The summed E-state index contributed by atoms with van der Waals surface area (Å²) in [5.41, 5.74) is 2.40. The Morgan fingerprint density at radius 2 is 1.55 bits per heavy atom. The zero-order valence-electron chi connectivity index (χ0n) is 11.5. The fraction of sp³-hybridized carbons (Fsp3) is 0.294. The molecule has 0 spiro atoms. The molecule has 106 valence electrons. The van der Waals surface area contributed by atoms with Gasteiger partial charge in [-0.2, -0.15) is 0 Å². The second kappa shape index (κ2) is 7.15. The molecule has 1 nitrogen and oxygen atoms in total. The van der Waals surface area contributed by atoms with Crippen molar-refractivity contribution < 1.29 is 8.78 Å². The molecule has 0 aliphatic carbocycles. The van der Waals surface area contributed by atoms with E-state index in [1.54, 1.807) is 12.1 Å². The van der Waals surface area contributed by atoms with E-state index in [9.17, 15) is 8.78 Å². The number of rotatable bonds is 6. The highest BCUT2D eigenvalue weighted by molar-refractivity contribution is 5.23. The molecule has 2 aromatic rings. The highest BCUT2D eigenvalue weighted by atomic mass is 19.3. The number of nitrogens with one attached hydrogen (secondary N) is 1. The lowest BCUT2D eigenvalue weighted by Gasteiger charge is -2.13. The molecule has 0 amide bonds. The third-order valence-electron chi connectivity index (χ3n) is 3.38. The highest BCUT2D eigenvalue weighted by Gasteiger charge is 2.06. The summed E-state index contributed by atoms with van der Waals surface area (Å²) in [5, 5.41) is 3.36. The third-order valence-corrected chi connectivity index (χ3v) is 3.38. The van der Waals surface area contributed by atoms with Crippen molar-refractivity contribution in [2.24, 2.45) is 0 Å². The quantitative estimate of drug-likeness (QED) is 0.817. The molecule has 0 bridgehead atoms. The van der Waals surface area contributed by atoms with Crippen molar-refractivity contribution in [1.29, 1.82) is 0 Å². The Morgan fingerprint density at radius 3 is 2.15 bits per heavy atom. The minimum absolute atomic E-state index is 0.0754. The normalized spacial score (nSPS) is 12.6. The van der Waals surface area contributed by atoms with Gasteiger partial charge in [0.25, 0.3) is 6.43 Å². The van der Waals surface area contributed by atoms with E-state index >= 15 is 0 Å². The first kappa shape index (κ1) is 14.7. The van der Waals surface area contributed by atoms with Crippen LogP contribution in [0.5, 0.6) is 0 Å². The van der Waals surface area contributed by atoms with Crippen molar-refractivity contribution in [3.05, 3.63) is 71.3 Å². The summed E-state index contributed by atoms with van der Waals surface area (Å²) in [6.45, 7) is 3.73. The van der Waals surface area contributed by atoms with Crippen molar-refractivity contribution in [1.82, 2.24) is 5.32 Å². The van der Waals surface area contributed by atoms with E-state index in [0.29, 0.717) is 12.5 Å². The van der Waals surface area contributed by atoms with Gasteiger partial charge in [0, 0.05) is 18.7 Å². The van der Waals surface area contributed by atoms with Crippen LogP contribution in [0.2, 0.25) is 0 Å². The van der Waals surface area contributed by atoms with E-state index in [2.05, 4.69) is 24.4 Å². The van der Waals surface area contributed by atoms with E-state index in [1.807, 2.05) is 18.2 Å². The molecule has 20 heavy (non-hydrogen) atoms. The number of halogens is 2. The van der Waals surface area contributed by atoms with Crippen LogP contribution >= 0.6 is 0 Å².